The van der Waals surface area contributed by atoms with Crippen molar-refractivity contribution in [2.75, 3.05) is 11.5 Å². The Morgan fingerprint density at radius 1 is 1.29 bits per heavy atom. The van der Waals surface area contributed by atoms with Crippen molar-refractivity contribution in [2.24, 2.45) is 0 Å². The summed E-state index contributed by atoms with van der Waals surface area (Å²) in [6.07, 6.45) is 0. The summed E-state index contributed by atoms with van der Waals surface area (Å²) in [5, 5.41) is 21.0. The number of carbonyl (C=O) groups excluding carboxylic acids is 2. The molecule has 3 heterocycles. The highest BCUT2D eigenvalue weighted by Gasteiger charge is 2.54. The van der Waals surface area contributed by atoms with E-state index in [0.29, 0.717) is 22.6 Å². The Kier molecular flexibility index (Phi) is 6.09. The largest absolute Gasteiger partial charge is 0.477 e. The zero-order valence-corrected chi connectivity index (χ0v) is 19.5. The molecule has 0 radical (unpaired) electrons. The molecule has 0 saturated carbocycles. The van der Waals surface area contributed by atoms with Gasteiger partial charge >= 0.3 is 5.97 Å². The maximum absolute atomic E-state index is 12.8. The van der Waals surface area contributed by atoms with Gasteiger partial charge in [0.05, 0.1) is 0 Å². The Bertz CT molecular complexity index is 1110. The zero-order chi connectivity index (χ0) is 22.3. The Morgan fingerprint density at radius 2 is 2.06 bits per heavy atom. The van der Waals surface area contributed by atoms with Gasteiger partial charge in [-0.25, -0.2) is 4.79 Å². The lowest BCUT2D eigenvalue weighted by molar-refractivity contribution is -0.148. The van der Waals surface area contributed by atoms with E-state index in [1.54, 1.807) is 6.07 Å². The van der Waals surface area contributed by atoms with Gasteiger partial charge < -0.3 is 10.4 Å². The SMILES string of the molecule is Cc1ccc(C)c(C(=O)N[C@H]2C(=O)N3C(C(=O)O)=C(CSc4nnc(C)s4)CS[C@@H]23)c1. The number of β-lactam (4-membered cyclic amide) rings is 1. The number of benzene rings is 1. The van der Waals surface area contributed by atoms with Gasteiger partial charge in [0.25, 0.3) is 11.8 Å². The summed E-state index contributed by atoms with van der Waals surface area (Å²) < 4.78 is 0.760. The molecule has 1 saturated heterocycles. The molecule has 2 aliphatic heterocycles. The van der Waals surface area contributed by atoms with E-state index in [-0.39, 0.29) is 11.6 Å². The predicted molar refractivity (Wildman–Crippen MR) is 120 cm³/mol. The highest BCUT2D eigenvalue weighted by Crippen LogP contribution is 2.41. The molecule has 0 bridgehead atoms. The van der Waals surface area contributed by atoms with E-state index < -0.39 is 23.3 Å². The van der Waals surface area contributed by atoms with Crippen molar-refractivity contribution in [3.8, 4) is 0 Å². The number of amides is 2. The molecule has 0 unspecified atom stereocenters. The minimum Gasteiger partial charge on any atom is -0.477 e. The van der Waals surface area contributed by atoms with E-state index in [4.69, 9.17) is 0 Å². The van der Waals surface area contributed by atoms with Gasteiger partial charge in [-0.15, -0.1) is 22.0 Å². The molecule has 0 aliphatic carbocycles. The minimum absolute atomic E-state index is 0.0136. The fourth-order valence-electron chi connectivity index (χ4n) is 3.48. The van der Waals surface area contributed by atoms with Crippen LogP contribution < -0.4 is 5.32 Å². The molecular formula is C20H20N4O4S3. The molecule has 11 heteroatoms. The molecule has 1 aromatic heterocycles. The van der Waals surface area contributed by atoms with E-state index in [9.17, 15) is 19.5 Å². The first-order chi connectivity index (χ1) is 14.8. The fraction of sp³-hybridized carbons (Fsp3) is 0.350. The van der Waals surface area contributed by atoms with E-state index >= 15 is 0 Å². The lowest BCUT2D eigenvalue weighted by atomic mass is 10.0. The van der Waals surface area contributed by atoms with Crippen LogP contribution in [-0.4, -0.2) is 60.9 Å². The molecule has 2 amide bonds. The third-order valence-corrected chi connectivity index (χ3v) is 8.45. The van der Waals surface area contributed by atoms with Crippen molar-refractivity contribution >= 4 is 52.6 Å². The number of hydrogen-bond donors (Lipinski definition) is 2. The second kappa shape index (κ2) is 8.64. The summed E-state index contributed by atoms with van der Waals surface area (Å²) >= 11 is 4.32. The third kappa shape index (κ3) is 4.21. The maximum atomic E-state index is 12.8. The van der Waals surface area contributed by atoms with Gasteiger partial charge in [-0.2, -0.15) is 0 Å². The first-order valence-corrected chi connectivity index (χ1v) is 12.3. The second-order valence-corrected chi connectivity index (χ2v) is 10.8. The number of thioether (sulfide) groups is 2. The molecule has 2 aliphatic rings. The summed E-state index contributed by atoms with van der Waals surface area (Å²) in [4.78, 5) is 38.8. The van der Waals surface area contributed by atoms with Crippen LogP contribution in [0.15, 0.2) is 33.8 Å². The van der Waals surface area contributed by atoms with Gasteiger partial charge in [0.15, 0.2) is 4.34 Å². The van der Waals surface area contributed by atoms with Crippen molar-refractivity contribution in [3.05, 3.63) is 51.2 Å². The topological polar surface area (TPSA) is 112 Å². The number of fused-ring (bicyclic) bond motifs is 1. The highest BCUT2D eigenvalue weighted by molar-refractivity contribution is 8.01. The number of carbonyl (C=O) groups is 3. The van der Waals surface area contributed by atoms with Crippen molar-refractivity contribution < 1.29 is 19.5 Å². The number of hydrogen-bond acceptors (Lipinski definition) is 8. The number of carboxylic acid groups (broad SMARTS) is 1. The third-order valence-electron chi connectivity index (χ3n) is 5.05. The first kappa shape index (κ1) is 21.8. The van der Waals surface area contributed by atoms with Gasteiger partial charge in [-0.05, 0) is 38.0 Å². The smallest absolute Gasteiger partial charge is 0.352 e. The zero-order valence-electron chi connectivity index (χ0n) is 17.0. The molecule has 1 aromatic carbocycles. The Hall–Kier alpha value is -2.37. The van der Waals surface area contributed by atoms with Crippen LogP contribution in [0.3, 0.4) is 0 Å². The summed E-state index contributed by atoms with van der Waals surface area (Å²) in [5.41, 5.74) is 2.97. The summed E-state index contributed by atoms with van der Waals surface area (Å²) in [6, 6.07) is 4.83. The van der Waals surface area contributed by atoms with Crippen LogP contribution in [0.2, 0.25) is 0 Å². The highest BCUT2D eigenvalue weighted by atomic mass is 32.2. The molecule has 0 spiro atoms. The van der Waals surface area contributed by atoms with Gasteiger partial charge in [-0.1, -0.05) is 40.8 Å². The molecule has 31 heavy (non-hydrogen) atoms. The van der Waals surface area contributed by atoms with Gasteiger partial charge in [0, 0.05) is 17.1 Å². The number of aryl methyl sites for hydroxylation is 3. The molecule has 2 aromatic rings. The fourth-order valence-corrected chi connectivity index (χ4v) is 6.78. The number of carboxylic acids is 1. The average molecular weight is 477 g/mol. The van der Waals surface area contributed by atoms with Crippen LogP contribution in [0.4, 0.5) is 0 Å². The van der Waals surface area contributed by atoms with Crippen LogP contribution in [-0.2, 0) is 9.59 Å². The first-order valence-electron chi connectivity index (χ1n) is 9.47. The van der Waals surface area contributed by atoms with Gasteiger partial charge in [-0.3, -0.25) is 14.5 Å². The molecule has 1 fully saturated rings. The van der Waals surface area contributed by atoms with Crippen molar-refractivity contribution in [1.29, 1.82) is 0 Å². The van der Waals surface area contributed by atoms with E-state index in [1.807, 2.05) is 32.9 Å². The molecule has 2 N–H and O–H groups in total. The lowest BCUT2D eigenvalue weighted by Gasteiger charge is -2.49. The monoisotopic (exact) mass is 476 g/mol. The molecule has 8 nitrogen and oxygen atoms in total. The van der Waals surface area contributed by atoms with E-state index in [1.165, 1.54) is 39.8 Å². The van der Waals surface area contributed by atoms with Crippen LogP contribution in [0, 0.1) is 20.8 Å². The molecule has 162 valence electrons. The molecule has 2 atom stereocenters. The van der Waals surface area contributed by atoms with Crippen LogP contribution in [0.1, 0.15) is 26.5 Å². The number of nitrogens with zero attached hydrogens (tertiary/aromatic N) is 3. The Labute approximate surface area is 191 Å². The minimum atomic E-state index is -1.14. The van der Waals surface area contributed by atoms with Crippen molar-refractivity contribution in [1.82, 2.24) is 20.4 Å². The maximum Gasteiger partial charge on any atom is 0.352 e. The number of nitrogens with one attached hydrogen (secondary N) is 1. The van der Waals surface area contributed by atoms with Gasteiger partial charge in [0.2, 0.25) is 0 Å². The summed E-state index contributed by atoms with van der Waals surface area (Å²) in [7, 11) is 0. The van der Waals surface area contributed by atoms with Crippen LogP contribution in [0.25, 0.3) is 0 Å². The number of rotatable bonds is 6. The molecule has 4 rings (SSSR count). The number of aromatic nitrogens is 2. The Morgan fingerprint density at radius 3 is 2.74 bits per heavy atom. The second-order valence-electron chi connectivity index (χ2n) is 7.31. The normalized spacial score (nSPS) is 20.4. The predicted octanol–water partition coefficient (Wildman–Crippen LogP) is 2.61. The van der Waals surface area contributed by atoms with Crippen LogP contribution in [0.5, 0.6) is 0 Å². The van der Waals surface area contributed by atoms with E-state index in [0.717, 1.165) is 20.5 Å². The lowest BCUT2D eigenvalue weighted by Crippen LogP contribution is -2.70. The van der Waals surface area contributed by atoms with Crippen molar-refractivity contribution in [3.63, 3.8) is 0 Å². The summed E-state index contributed by atoms with van der Waals surface area (Å²) in [5.74, 6) is -0.978. The standard InChI is InChI=1S/C20H20N4O4S3/c1-9-4-5-10(2)13(6-9)16(25)21-14-17(26)24-15(19(27)28)12(7-29-18(14)24)8-30-20-23-22-11(3)31-20/h4-6,14,18H,7-8H2,1-3H3,(H,21,25)(H,27,28)/t14-,18-/m0/s1. The van der Waals surface area contributed by atoms with Gasteiger partial charge in [0.1, 0.15) is 22.1 Å². The average Bonchev–Trinajstić information content (AvgIpc) is 3.16. The van der Waals surface area contributed by atoms with Crippen LogP contribution >= 0.6 is 34.9 Å². The number of aliphatic carboxylic acids is 1. The molecular weight excluding hydrogens is 456 g/mol. The summed E-state index contributed by atoms with van der Waals surface area (Å²) in [6.45, 7) is 5.60. The Balaban J connectivity index is 1.50. The van der Waals surface area contributed by atoms with Crippen molar-refractivity contribution in [2.45, 2.75) is 36.5 Å². The quantitative estimate of drug-likeness (QED) is 0.483. The van der Waals surface area contributed by atoms with E-state index in [2.05, 4.69) is 15.5 Å².